The number of nitrogens with zero attached hydrogens (tertiary/aromatic N) is 4. The van der Waals surface area contributed by atoms with Crippen molar-refractivity contribution in [2.24, 2.45) is 10.8 Å². The highest BCUT2D eigenvalue weighted by molar-refractivity contribution is 7.18. The Labute approximate surface area is 169 Å². The summed E-state index contributed by atoms with van der Waals surface area (Å²) in [7, 11) is 0. The second-order valence-corrected chi connectivity index (χ2v) is 10.6. The van der Waals surface area contributed by atoms with Gasteiger partial charge in [0.25, 0.3) is 0 Å². The fourth-order valence-corrected chi connectivity index (χ4v) is 6.41. The number of carbonyl (C=O) groups is 1. The van der Waals surface area contributed by atoms with Crippen LogP contribution in [0.5, 0.6) is 0 Å². The van der Waals surface area contributed by atoms with Gasteiger partial charge < -0.3 is 15.1 Å². The number of hydrogen-bond acceptors (Lipinski definition) is 6. The van der Waals surface area contributed by atoms with Gasteiger partial charge in [-0.05, 0) is 43.6 Å². The zero-order valence-corrected chi connectivity index (χ0v) is 17.2. The predicted octanol–water partition coefficient (Wildman–Crippen LogP) is 2.43. The summed E-state index contributed by atoms with van der Waals surface area (Å²) in [5, 5.41) is 4.68. The van der Waals surface area contributed by atoms with Crippen LogP contribution in [-0.2, 0) is 11.2 Å². The summed E-state index contributed by atoms with van der Waals surface area (Å²) < 4.78 is 0. The smallest absolute Gasteiger partial charge is 0.239 e. The van der Waals surface area contributed by atoms with E-state index in [1.54, 1.807) is 17.7 Å². The Hall–Kier alpha value is -1.73. The van der Waals surface area contributed by atoms with Crippen molar-refractivity contribution in [3.8, 4) is 0 Å². The van der Waals surface area contributed by atoms with Gasteiger partial charge >= 0.3 is 0 Å². The average Bonchev–Trinajstić information content (AvgIpc) is 3.07. The van der Waals surface area contributed by atoms with E-state index >= 15 is 0 Å². The summed E-state index contributed by atoms with van der Waals surface area (Å²) in [4.78, 5) is 29.0. The highest BCUT2D eigenvalue weighted by Gasteiger charge is 2.54. The summed E-state index contributed by atoms with van der Waals surface area (Å²) in [6.45, 7) is 7.07. The highest BCUT2D eigenvalue weighted by atomic mass is 32.1. The molecule has 1 saturated carbocycles. The van der Waals surface area contributed by atoms with Gasteiger partial charge in [0.2, 0.25) is 5.91 Å². The van der Waals surface area contributed by atoms with Gasteiger partial charge in [-0.2, -0.15) is 0 Å². The molecule has 0 aromatic carbocycles. The lowest BCUT2D eigenvalue weighted by molar-refractivity contribution is -0.144. The molecule has 28 heavy (non-hydrogen) atoms. The molecule has 4 aliphatic rings. The summed E-state index contributed by atoms with van der Waals surface area (Å²) in [5.41, 5.74) is 0.732. The zero-order valence-electron chi connectivity index (χ0n) is 16.4. The third kappa shape index (κ3) is 2.59. The molecule has 6 nitrogen and oxygen atoms in total. The van der Waals surface area contributed by atoms with Crippen LogP contribution in [0.1, 0.15) is 37.5 Å². The van der Waals surface area contributed by atoms with E-state index in [0.717, 1.165) is 62.6 Å². The molecule has 3 aliphatic heterocycles. The molecule has 2 spiro atoms. The molecule has 1 N–H and O–H groups in total. The van der Waals surface area contributed by atoms with Gasteiger partial charge in [0.05, 0.1) is 11.4 Å². The summed E-state index contributed by atoms with van der Waals surface area (Å²) in [5.74, 6) is 1.42. The Morgan fingerprint density at radius 1 is 1.25 bits per heavy atom. The van der Waals surface area contributed by atoms with E-state index < -0.39 is 0 Å². The molecule has 1 atom stereocenters. The quantitative estimate of drug-likeness (QED) is 0.862. The fourth-order valence-electron chi connectivity index (χ4n) is 5.48. The van der Waals surface area contributed by atoms with Crippen molar-refractivity contribution < 1.29 is 4.79 Å². The van der Waals surface area contributed by atoms with Gasteiger partial charge in [-0.1, -0.05) is 6.92 Å². The van der Waals surface area contributed by atoms with Crippen molar-refractivity contribution in [1.29, 1.82) is 0 Å². The molecule has 7 heteroatoms. The first kappa shape index (κ1) is 17.2. The van der Waals surface area contributed by atoms with E-state index in [4.69, 9.17) is 0 Å². The van der Waals surface area contributed by atoms with Crippen LogP contribution in [0.3, 0.4) is 0 Å². The van der Waals surface area contributed by atoms with Gasteiger partial charge in [0.15, 0.2) is 0 Å². The molecule has 0 unspecified atom stereocenters. The van der Waals surface area contributed by atoms with Crippen molar-refractivity contribution in [3.63, 3.8) is 0 Å². The molecule has 3 saturated heterocycles. The number of aryl methyl sites for hydroxylation is 1. The van der Waals surface area contributed by atoms with E-state index in [0.29, 0.717) is 11.3 Å². The normalized spacial score (nSPS) is 27.1. The van der Waals surface area contributed by atoms with Crippen molar-refractivity contribution in [1.82, 2.24) is 20.2 Å². The molecule has 0 bridgehead atoms. The third-order valence-corrected chi connectivity index (χ3v) is 8.61. The van der Waals surface area contributed by atoms with Gasteiger partial charge in [0.1, 0.15) is 17.0 Å². The Morgan fingerprint density at radius 3 is 2.86 bits per heavy atom. The maximum absolute atomic E-state index is 12.9. The first-order valence-electron chi connectivity index (χ1n) is 10.6. The number of fused-ring (bicyclic) bond motifs is 1. The Balaban J connectivity index is 1.14. The first-order chi connectivity index (χ1) is 13.6. The number of likely N-dealkylation sites (tertiary alicyclic amines) is 1. The van der Waals surface area contributed by atoms with Gasteiger partial charge in [-0.25, -0.2) is 9.97 Å². The number of hydrogen-bond donors (Lipinski definition) is 1. The summed E-state index contributed by atoms with van der Waals surface area (Å²) >= 11 is 1.78. The molecule has 1 amide bonds. The van der Waals surface area contributed by atoms with Crippen LogP contribution in [0.25, 0.3) is 10.2 Å². The van der Waals surface area contributed by atoms with E-state index in [9.17, 15) is 4.79 Å². The molecule has 148 valence electrons. The Morgan fingerprint density at radius 2 is 2.11 bits per heavy atom. The molecule has 0 radical (unpaired) electrons. The van der Waals surface area contributed by atoms with E-state index in [-0.39, 0.29) is 11.5 Å². The van der Waals surface area contributed by atoms with Gasteiger partial charge in [0, 0.05) is 43.0 Å². The number of rotatable bonds is 3. The molecule has 5 heterocycles. The minimum Gasteiger partial charge on any atom is -0.355 e. The average molecular weight is 398 g/mol. The standard InChI is InChI=1S/C21H27N5OS/c1-2-14-7-15-17(23-13-24-18(15)28-14)25-6-5-21(10-25)11-26(12-21)19(27)16-8-20(3-4-20)9-22-16/h7,13,16,22H,2-6,8-12H2,1H3/t16-/m0/s1. The lowest BCUT2D eigenvalue weighted by atomic mass is 9.78. The maximum atomic E-state index is 12.9. The fraction of sp³-hybridized carbons (Fsp3) is 0.667. The zero-order chi connectivity index (χ0) is 18.9. The largest absolute Gasteiger partial charge is 0.355 e. The van der Waals surface area contributed by atoms with E-state index in [1.807, 2.05) is 0 Å². The first-order valence-corrected chi connectivity index (χ1v) is 11.4. The minimum absolute atomic E-state index is 0.0668. The minimum atomic E-state index is 0.0668. The molecular weight excluding hydrogens is 370 g/mol. The van der Waals surface area contributed by atoms with Crippen molar-refractivity contribution >= 4 is 33.3 Å². The molecular formula is C21H27N5OS. The number of nitrogens with one attached hydrogen (secondary N) is 1. The lowest BCUT2D eigenvalue weighted by Crippen LogP contribution is -2.62. The molecule has 6 rings (SSSR count). The predicted molar refractivity (Wildman–Crippen MR) is 111 cm³/mol. The van der Waals surface area contributed by atoms with Gasteiger partial charge in [-0.15, -0.1) is 11.3 Å². The van der Waals surface area contributed by atoms with Crippen molar-refractivity contribution in [2.75, 3.05) is 37.6 Å². The van der Waals surface area contributed by atoms with Crippen LogP contribution < -0.4 is 10.2 Å². The molecule has 1 aliphatic carbocycles. The van der Waals surface area contributed by atoms with Crippen LogP contribution >= 0.6 is 11.3 Å². The van der Waals surface area contributed by atoms with Crippen LogP contribution in [0.2, 0.25) is 0 Å². The summed E-state index contributed by atoms with van der Waals surface area (Å²) in [6, 6.07) is 2.33. The summed E-state index contributed by atoms with van der Waals surface area (Å²) in [6.07, 6.45) is 7.55. The SMILES string of the molecule is CCc1cc2c(N3CCC4(CN(C(=O)[C@@H]5CC6(CC6)CN5)C4)C3)ncnc2s1. The van der Waals surface area contributed by atoms with E-state index in [2.05, 4.69) is 38.1 Å². The number of anilines is 1. The second kappa shape index (κ2) is 5.89. The number of carbonyl (C=O) groups excluding carboxylic acids is 1. The Bertz CT molecular complexity index is 945. The highest BCUT2D eigenvalue weighted by Crippen LogP contribution is 2.52. The van der Waals surface area contributed by atoms with Crippen LogP contribution in [0.15, 0.2) is 12.4 Å². The maximum Gasteiger partial charge on any atom is 0.239 e. The number of aromatic nitrogens is 2. The number of thiophene rings is 1. The van der Waals surface area contributed by atoms with Gasteiger partial charge in [-0.3, -0.25) is 4.79 Å². The van der Waals surface area contributed by atoms with Crippen LogP contribution in [0.4, 0.5) is 5.82 Å². The lowest BCUT2D eigenvalue weighted by Gasteiger charge is -2.48. The monoisotopic (exact) mass is 397 g/mol. The van der Waals surface area contributed by atoms with Crippen molar-refractivity contribution in [3.05, 3.63) is 17.3 Å². The Kier molecular flexibility index (Phi) is 3.61. The third-order valence-electron chi connectivity index (χ3n) is 7.43. The molecule has 4 fully saturated rings. The molecule has 2 aromatic heterocycles. The van der Waals surface area contributed by atoms with E-state index in [1.165, 1.54) is 23.1 Å². The second-order valence-electron chi connectivity index (χ2n) is 9.49. The molecule has 2 aromatic rings. The topological polar surface area (TPSA) is 61.4 Å². The van der Waals surface area contributed by atoms with Crippen LogP contribution in [-0.4, -0.2) is 59.5 Å². The van der Waals surface area contributed by atoms with Crippen molar-refractivity contribution in [2.45, 2.75) is 45.1 Å². The van der Waals surface area contributed by atoms with Crippen LogP contribution in [0, 0.1) is 10.8 Å². The number of amides is 1.